The Morgan fingerprint density at radius 1 is 1.50 bits per heavy atom. The number of fused-ring (bicyclic) bond motifs is 1. The molecular formula is C11H15ClN4. The fourth-order valence-electron chi connectivity index (χ4n) is 1.66. The predicted molar refractivity (Wildman–Crippen MR) is 66.0 cm³/mol. The van der Waals surface area contributed by atoms with Crippen LogP contribution in [-0.2, 0) is 0 Å². The Kier molecular flexibility index (Phi) is 3.62. The Morgan fingerprint density at radius 3 is 3.19 bits per heavy atom. The van der Waals surface area contributed by atoms with E-state index < -0.39 is 0 Å². The summed E-state index contributed by atoms with van der Waals surface area (Å²) in [6.45, 7) is 2.13. The topological polar surface area (TPSA) is 42.2 Å². The zero-order chi connectivity index (χ0) is 11.4. The van der Waals surface area contributed by atoms with Gasteiger partial charge in [0.2, 0.25) is 0 Å². The number of rotatable bonds is 5. The summed E-state index contributed by atoms with van der Waals surface area (Å²) < 4.78 is 1.81. The van der Waals surface area contributed by atoms with Crippen LogP contribution in [0.3, 0.4) is 0 Å². The summed E-state index contributed by atoms with van der Waals surface area (Å²) in [6, 6.07) is 2.32. The van der Waals surface area contributed by atoms with Gasteiger partial charge in [0, 0.05) is 24.3 Å². The first kappa shape index (κ1) is 11.2. The average molecular weight is 239 g/mol. The number of halogens is 1. The zero-order valence-electron chi connectivity index (χ0n) is 9.23. The molecule has 1 atom stereocenters. The Bertz CT molecular complexity index is 454. The highest BCUT2D eigenvalue weighted by Gasteiger charge is 2.06. The summed E-state index contributed by atoms with van der Waals surface area (Å²) in [5.74, 6) is 1.58. The minimum Gasteiger partial charge on any atom is -0.366 e. The van der Waals surface area contributed by atoms with Crippen LogP contribution in [0.15, 0.2) is 24.7 Å². The van der Waals surface area contributed by atoms with E-state index in [0.717, 1.165) is 24.2 Å². The Hall–Kier alpha value is -1.29. The van der Waals surface area contributed by atoms with Crippen LogP contribution in [-0.4, -0.2) is 26.5 Å². The van der Waals surface area contributed by atoms with Gasteiger partial charge >= 0.3 is 0 Å². The molecule has 0 aromatic carbocycles. The van der Waals surface area contributed by atoms with Gasteiger partial charge in [0.15, 0.2) is 5.82 Å². The number of anilines is 1. The first-order chi connectivity index (χ1) is 7.81. The van der Waals surface area contributed by atoms with Gasteiger partial charge in [-0.1, -0.05) is 0 Å². The van der Waals surface area contributed by atoms with E-state index in [0.29, 0.717) is 11.9 Å². The van der Waals surface area contributed by atoms with Crippen LogP contribution in [0.1, 0.15) is 19.8 Å². The third-order valence-corrected chi connectivity index (χ3v) is 2.75. The van der Waals surface area contributed by atoms with Gasteiger partial charge in [-0.25, -0.2) is 9.50 Å². The molecule has 2 rings (SSSR count). The molecule has 4 nitrogen and oxygen atoms in total. The van der Waals surface area contributed by atoms with Gasteiger partial charge in [-0.15, -0.1) is 11.6 Å². The SMILES string of the molecule is CC(CCCCl)Nc1nccn2nccc12. The largest absolute Gasteiger partial charge is 0.366 e. The highest BCUT2D eigenvalue weighted by molar-refractivity contribution is 6.17. The van der Waals surface area contributed by atoms with Crippen LogP contribution >= 0.6 is 11.6 Å². The summed E-state index contributed by atoms with van der Waals surface area (Å²) in [6.07, 6.45) is 7.41. The quantitative estimate of drug-likeness (QED) is 0.814. The normalized spacial score (nSPS) is 12.9. The molecular weight excluding hydrogens is 224 g/mol. The van der Waals surface area contributed by atoms with Crippen LogP contribution in [0.2, 0.25) is 0 Å². The van der Waals surface area contributed by atoms with Crippen LogP contribution in [0.5, 0.6) is 0 Å². The van der Waals surface area contributed by atoms with E-state index in [1.165, 1.54) is 0 Å². The second-order valence-electron chi connectivity index (χ2n) is 3.81. The second kappa shape index (κ2) is 5.16. The fraction of sp³-hybridized carbons (Fsp3) is 0.455. The molecule has 0 spiro atoms. The number of nitrogens with one attached hydrogen (secondary N) is 1. The lowest BCUT2D eigenvalue weighted by Gasteiger charge is -2.14. The molecule has 0 radical (unpaired) electrons. The third-order valence-electron chi connectivity index (χ3n) is 2.48. The number of hydrogen-bond donors (Lipinski definition) is 1. The number of hydrogen-bond acceptors (Lipinski definition) is 3. The van der Waals surface area contributed by atoms with Gasteiger partial charge in [-0.05, 0) is 25.8 Å². The zero-order valence-corrected chi connectivity index (χ0v) is 9.98. The van der Waals surface area contributed by atoms with Crippen molar-refractivity contribution < 1.29 is 0 Å². The van der Waals surface area contributed by atoms with Gasteiger partial charge in [-0.3, -0.25) is 0 Å². The van der Waals surface area contributed by atoms with Gasteiger partial charge in [0.25, 0.3) is 0 Å². The molecule has 0 aliphatic carbocycles. The van der Waals surface area contributed by atoms with Crippen LogP contribution in [0.25, 0.3) is 5.52 Å². The second-order valence-corrected chi connectivity index (χ2v) is 4.19. The fourth-order valence-corrected chi connectivity index (χ4v) is 1.81. The summed E-state index contributed by atoms with van der Waals surface area (Å²) in [5.41, 5.74) is 1.00. The van der Waals surface area contributed by atoms with E-state index in [1.807, 2.05) is 16.8 Å². The molecule has 0 bridgehead atoms. The van der Waals surface area contributed by atoms with Gasteiger partial charge < -0.3 is 5.32 Å². The van der Waals surface area contributed by atoms with Crippen molar-refractivity contribution in [2.45, 2.75) is 25.8 Å². The number of aromatic nitrogens is 3. The van der Waals surface area contributed by atoms with E-state index in [1.54, 1.807) is 12.4 Å². The van der Waals surface area contributed by atoms with Crippen LogP contribution < -0.4 is 5.32 Å². The smallest absolute Gasteiger partial charge is 0.152 e. The van der Waals surface area contributed by atoms with Crippen LogP contribution in [0.4, 0.5) is 5.82 Å². The number of nitrogens with zero attached hydrogens (tertiary/aromatic N) is 3. The maximum atomic E-state index is 5.67. The van der Waals surface area contributed by atoms with Gasteiger partial charge in [0.1, 0.15) is 5.52 Å². The predicted octanol–water partition coefficient (Wildman–Crippen LogP) is 2.55. The standard InChI is InChI=1S/C11H15ClN4/c1-9(3-2-5-12)15-11-10-4-6-14-16(10)8-7-13-11/h4,6-9H,2-3,5H2,1H3,(H,13,15). The van der Waals surface area contributed by atoms with E-state index in [2.05, 4.69) is 22.3 Å². The summed E-state index contributed by atoms with van der Waals surface area (Å²) in [4.78, 5) is 4.32. The summed E-state index contributed by atoms with van der Waals surface area (Å²) >= 11 is 5.67. The minimum absolute atomic E-state index is 0.368. The van der Waals surface area contributed by atoms with Crippen molar-refractivity contribution >= 4 is 22.9 Å². The highest BCUT2D eigenvalue weighted by atomic mass is 35.5. The summed E-state index contributed by atoms with van der Waals surface area (Å²) in [5, 5.41) is 7.54. The van der Waals surface area contributed by atoms with E-state index in [4.69, 9.17) is 11.6 Å². The molecule has 0 aliphatic rings. The Morgan fingerprint density at radius 2 is 2.38 bits per heavy atom. The Balaban J connectivity index is 2.11. The van der Waals surface area contributed by atoms with Crippen molar-refractivity contribution in [3.05, 3.63) is 24.7 Å². The molecule has 1 unspecified atom stereocenters. The maximum Gasteiger partial charge on any atom is 0.152 e. The minimum atomic E-state index is 0.368. The lowest BCUT2D eigenvalue weighted by Crippen LogP contribution is -2.16. The first-order valence-corrected chi connectivity index (χ1v) is 5.95. The third kappa shape index (κ3) is 2.44. The first-order valence-electron chi connectivity index (χ1n) is 5.42. The highest BCUT2D eigenvalue weighted by Crippen LogP contribution is 2.14. The van der Waals surface area contributed by atoms with Crippen LogP contribution in [0, 0.1) is 0 Å². The van der Waals surface area contributed by atoms with Crippen molar-refractivity contribution in [1.82, 2.24) is 14.6 Å². The average Bonchev–Trinajstić information content (AvgIpc) is 2.75. The molecule has 0 amide bonds. The lowest BCUT2D eigenvalue weighted by molar-refractivity contribution is 0.690. The molecule has 0 saturated heterocycles. The Labute approximate surface area is 99.6 Å². The maximum absolute atomic E-state index is 5.67. The van der Waals surface area contributed by atoms with Gasteiger partial charge in [-0.2, -0.15) is 5.10 Å². The molecule has 1 N–H and O–H groups in total. The van der Waals surface area contributed by atoms with Crippen molar-refractivity contribution in [2.75, 3.05) is 11.2 Å². The molecule has 2 aromatic heterocycles. The number of alkyl halides is 1. The molecule has 16 heavy (non-hydrogen) atoms. The molecule has 86 valence electrons. The summed E-state index contributed by atoms with van der Waals surface area (Å²) in [7, 11) is 0. The van der Waals surface area contributed by atoms with Gasteiger partial charge in [0.05, 0.1) is 6.20 Å². The molecule has 0 saturated carbocycles. The molecule has 5 heteroatoms. The monoisotopic (exact) mass is 238 g/mol. The van der Waals surface area contributed by atoms with Crippen molar-refractivity contribution in [3.8, 4) is 0 Å². The molecule has 2 heterocycles. The molecule has 0 fully saturated rings. The lowest BCUT2D eigenvalue weighted by atomic mass is 10.2. The van der Waals surface area contributed by atoms with E-state index in [9.17, 15) is 0 Å². The molecule has 2 aromatic rings. The van der Waals surface area contributed by atoms with Crippen molar-refractivity contribution in [1.29, 1.82) is 0 Å². The molecule has 0 aliphatic heterocycles. The van der Waals surface area contributed by atoms with Crippen molar-refractivity contribution in [3.63, 3.8) is 0 Å². The van der Waals surface area contributed by atoms with E-state index >= 15 is 0 Å². The van der Waals surface area contributed by atoms with E-state index in [-0.39, 0.29) is 0 Å². The van der Waals surface area contributed by atoms with Crippen molar-refractivity contribution in [2.24, 2.45) is 0 Å².